The predicted molar refractivity (Wildman–Crippen MR) is 317 cm³/mol. The lowest BCUT2D eigenvalue weighted by Crippen LogP contribution is -2.25. The zero-order valence-corrected chi connectivity index (χ0v) is 44.7. The first kappa shape index (κ1) is 47.3. The van der Waals surface area contributed by atoms with Crippen LogP contribution in [0.3, 0.4) is 0 Å². The van der Waals surface area contributed by atoms with Crippen molar-refractivity contribution in [3.63, 3.8) is 0 Å². The van der Waals surface area contributed by atoms with Crippen molar-refractivity contribution in [3.05, 3.63) is 211 Å². The third-order valence-corrected chi connectivity index (χ3v) is 15.9. The zero-order valence-electron chi connectivity index (χ0n) is 44.7. The molecule has 0 amide bonds. The van der Waals surface area contributed by atoms with Gasteiger partial charge < -0.3 is 19.1 Å². The molecule has 0 radical (unpaired) electrons. The topological polar surface area (TPSA) is 51.4 Å². The van der Waals surface area contributed by atoms with E-state index in [4.69, 9.17) is 14.7 Å². The number of anilines is 4. The monoisotopic (exact) mass is 993 g/mol. The first-order valence-corrected chi connectivity index (χ1v) is 27.2. The number of aryl methyl sites for hydroxylation is 2. The molecule has 7 nitrogen and oxygen atoms in total. The van der Waals surface area contributed by atoms with Gasteiger partial charge in [0.15, 0.2) is 0 Å². The summed E-state index contributed by atoms with van der Waals surface area (Å²) in [5, 5.41) is 2.33. The maximum atomic E-state index is 7.30. The maximum Gasteiger partial charge on any atom is 0.137 e. The molecule has 2 aliphatic heterocycles. The van der Waals surface area contributed by atoms with Gasteiger partial charge in [-0.25, -0.2) is 9.97 Å². The van der Waals surface area contributed by atoms with Gasteiger partial charge in [-0.2, -0.15) is 0 Å². The number of fused-ring (bicyclic) bond motifs is 7. The molecule has 0 aliphatic carbocycles. The van der Waals surface area contributed by atoms with Crippen LogP contribution in [0.25, 0.3) is 72.0 Å². The van der Waals surface area contributed by atoms with Crippen molar-refractivity contribution in [3.8, 4) is 50.7 Å². The number of benzene rings is 8. The lowest BCUT2D eigenvalue weighted by molar-refractivity contribution is 0.483. The summed E-state index contributed by atoms with van der Waals surface area (Å²) in [6.45, 7) is 17.5. The molecule has 0 spiro atoms. The third kappa shape index (κ3) is 8.20. The Balaban J connectivity index is 1.03. The number of hydrogen-bond donors (Lipinski definition) is 0. The highest BCUT2D eigenvalue weighted by atomic mass is 16.5. The zero-order chi connectivity index (χ0) is 51.8. The lowest BCUT2D eigenvalue weighted by Gasteiger charge is -2.28. The highest BCUT2D eigenvalue weighted by Crippen LogP contribution is 2.53. The normalized spacial score (nSPS) is 13.6. The van der Waals surface area contributed by atoms with E-state index < -0.39 is 0 Å². The number of imidazole rings is 1. The Morgan fingerprint density at radius 2 is 1.21 bits per heavy atom. The van der Waals surface area contributed by atoms with E-state index in [9.17, 15) is 0 Å². The molecule has 0 saturated carbocycles. The molecule has 0 atom stereocenters. The number of ether oxygens (including phenoxy) is 1. The van der Waals surface area contributed by atoms with Crippen molar-refractivity contribution < 1.29 is 4.74 Å². The number of nitrogens with zero attached hydrogens (tertiary/aromatic N) is 6. The molecule has 0 bridgehead atoms. The Bertz CT molecular complexity index is 3920. The SMILES string of the molecule is CC(C)c1cccc(C(C)C)c1-c1cc(Oc2ccc3c4ccccc4n(-c4cc(C(C)(C)C)ccn4)c3c2)cc(N2CN(c3c(-c4ccccc4)cccc3-c3ccccc3)c3cc4c(cc32)nc2n4CCCC2)c1. The molecule has 8 aromatic carbocycles. The van der Waals surface area contributed by atoms with Gasteiger partial charge in [0.05, 0.1) is 39.1 Å². The molecular weight excluding hydrogens is 929 g/mol. The van der Waals surface area contributed by atoms with Crippen LogP contribution in [-0.2, 0) is 18.4 Å². The van der Waals surface area contributed by atoms with Gasteiger partial charge in [-0.1, -0.05) is 164 Å². The number of para-hydroxylation sites is 2. The molecule has 76 heavy (non-hydrogen) atoms. The fraction of sp³-hybridized carbons (Fsp3) is 0.217. The fourth-order valence-corrected chi connectivity index (χ4v) is 12.1. The van der Waals surface area contributed by atoms with Crippen molar-refractivity contribution in [2.24, 2.45) is 0 Å². The average Bonchev–Trinajstić information content (AvgIpc) is 4.24. The minimum Gasteiger partial charge on any atom is -0.457 e. The Morgan fingerprint density at radius 1 is 0.539 bits per heavy atom. The van der Waals surface area contributed by atoms with Gasteiger partial charge in [-0.3, -0.25) is 4.57 Å². The first-order chi connectivity index (χ1) is 37.0. The summed E-state index contributed by atoms with van der Waals surface area (Å²) < 4.78 is 12.1. The molecule has 2 aliphatic rings. The molecule has 5 heterocycles. The number of pyridine rings is 1. The van der Waals surface area contributed by atoms with Crippen molar-refractivity contribution in [2.45, 2.75) is 91.5 Å². The summed E-state index contributed by atoms with van der Waals surface area (Å²) in [7, 11) is 0. The molecular formula is C69H64N6O. The Labute approximate surface area is 446 Å². The van der Waals surface area contributed by atoms with Crippen molar-refractivity contribution in [2.75, 3.05) is 16.5 Å². The Morgan fingerprint density at radius 3 is 1.92 bits per heavy atom. The van der Waals surface area contributed by atoms with Gasteiger partial charge >= 0.3 is 0 Å². The highest BCUT2D eigenvalue weighted by Gasteiger charge is 2.34. The van der Waals surface area contributed by atoms with Crippen LogP contribution in [0.1, 0.15) is 95.7 Å². The average molecular weight is 993 g/mol. The van der Waals surface area contributed by atoms with E-state index in [1.807, 2.05) is 6.20 Å². The van der Waals surface area contributed by atoms with E-state index in [0.717, 1.165) is 87.7 Å². The van der Waals surface area contributed by atoms with Crippen molar-refractivity contribution >= 4 is 55.6 Å². The quantitative estimate of drug-likeness (QED) is 0.137. The van der Waals surface area contributed by atoms with E-state index in [1.165, 1.54) is 66.9 Å². The summed E-state index contributed by atoms with van der Waals surface area (Å²) in [5.74, 6) is 4.18. The molecule has 11 aromatic rings. The number of rotatable bonds is 10. The van der Waals surface area contributed by atoms with Gasteiger partial charge in [0.1, 0.15) is 29.8 Å². The molecule has 0 fully saturated rings. The van der Waals surface area contributed by atoms with Crippen LogP contribution in [0.4, 0.5) is 22.7 Å². The number of hydrogen-bond acceptors (Lipinski definition) is 5. The van der Waals surface area contributed by atoms with Gasteiger partial charge in [0.25, 0.3) is 0 Å². The summed E-state index contributed by atoms with van der Waals surface area (Å²) in [6.07, 6.45) is 5.25. The predicted octanol–water partition coefficient (Wildman–Crippen LogP) is 18.4. The second kappa shape index (κ2) is 18.7. The summed E-state index contributed by atoms with van der Waals surface area (Å²) in [5.41, 5.74) is 19.8. The standard InChI is InChI=1S/C69H64N6O/c1-44(2)53-25-18-26-54(45(3)4)67(53)48-36-50(39-52(37-48)76-51-31-32-58-57-24-14-15-29-60(57)75(61(58)40-51)66-38-49(33-34-70-66)69(5,6)7)73-43-74(64-42-62-59(41-63(64)73)71-65-30-16-17-35-72(62)65)68-55(46-20-10-8-11-21-46)27-19-28-56(68)47-22-12-9-13-23-47/h8-15,18-29,31-34,36-42,44-45H,16-17,30,35,43H2,1-7H3. The van der Waals surface area contributed by atoms with Gasteiger partial charge in [-0.05, 0) is 124 Å². The Kier molecular flexibility index (Phi) is 11.7. The lowest BCUT2D eigenvalue weighted by atomic mass is 9.85. The van der Waals surface area contributed by atoms with Crippen LogP contribution in [0, 0.1) is 0 Å². The molecule has 3 aromatic heterocycles. The molecule has 7 heteroatoms. The van der Waals surface area contributed by atoms with E-state index >= 15 is 0 Å². The number of aromatic nitrogens is 4. The van der Waals surface area contributed by atoms with Crippen LogP contribution >= 0.6 is 0 Å². The van der Waals surface area contributed by atoms with E-state index in [-0.39, 0.29) is 5.41 Å². The third-order valence-electron chi connectivity index (χ3n) is 15.9. The second-order valence-corrected chi connectivity index (χ2v) is 22.5. The smallest absolute Gasteiger partial charge is 0.137 e. The summed E-state index contributed by atoms with van der Waals surface area (Å²) in [6, 6.07) is 66.6. The minimum atomic E-state index is -0.0382. The fourth-order valence-electron chi connectivity index (χ4n) is 12.1. The van der Waals surface area contributed by atoms with Crippen LogP contribution < -0.4 is 14.5 Å². The van der Waals surface area contributed by atoms with Crippen LogP contribution in [-0.4, -0.2) is 25.8 Å². The molecule has 0 unspecified atom stereocenters. The molecule has 13 rings (SSSR count). The summed E-state index contributed by atoms with van der Waals surface area (Å²) >= 11 is 0. The largest absolute Gasteiger partial charge is 0.457 e. The van der Waals surface area contributed by atoms with Gasteiger partial charge in [-0.15, -0.1) is 0 Å². The van der Waals surface area contributed by atoms with Crippen LogP contribution in [0.2, 0.25) is 0 Å². The Hall–Kier alpha value is -8.42. The van der Waals surface area contributed by atoms with Crippen molar-refractivity contribution in [1.29, 1.82) is 0 Å². The molecule has 0 saturated heterocycles. The van der Waals surface area contributed by atoms with Crippen LogP contribution in [0.5, 0.6) is 11.5 Å². The minimum absolute atomic E-state index is 0.0382. The molecule has 0 N–H and O–H groups in total. The first-order valence-electron chi connectivity index (χ1n) is 27.2. The van der Waals surface area contributed by atoms with Crippen molar-refractivity contribution in [1.82, 2.24) is 19.1 Å². The van der Waals surface area contributed by atoms with E-state index in [1.54, 1.807) is 0 Å². The van der Waals surface area contributed by atoms with Crippen LogP contribution in [0.15, 0.2) is 188 Å². The highest BCUT2D eigenvalue weighted by molar-refractivity contribution is 6.09. The second-order valence-electron chi connectivity index (χ2n) is 22.5. The van der Waals surface area contributed by atoms with E-state index in [2.05, 4.69) is 249 Å². The molecule has 376 valence electrons. The van der Waals surface area contributed by atoms with E-state index in [0.29, 0.717) is 18.5 Å². The summed E-state index contributed by atoms with van der Waals surface area (Å²) in [4.78, 5) is 15.4. The maximum absolute atomic E-state index is 7.30. The van der Waals surface area contributed by atoms with Gasteiger partial charge in [0, 0.05) is 58.9 Å². The van der Waals surface area contributed by atoms with Gasteiger partial charge in [0.2, 0.25) is 0 Å².